The smallest absolute Gasteiger partial charge is 0.186 e. The summed E-state index contributed by atoms with van der Waals surface area (Å²) in [6, 6.07) is 3.71. The van der Waals surface area contributed by atoms with Crippen molar-refractivity contribution >= 4 is 0 Å². The molecule has 1 aliphatic carbocycles. The van der Waals surface area contributed by atoms with Gasteiger partial charge in [-0.05, 0) is 31.9 Å². The summed E-state index contributed by atoms with van der Waals surface area (Å²) in [5.74, 6) is 1.51. The Morgan fingerprint density at radius 3 is 2.28 bits per heavy atom. The van der Waals surface area contributed by atoms with Crippen LogP contribution < -0.4 is 15.2 Å². The molecule has 0 heterocycles. The molecule has 1 unspecified atom stereocenters. The number of hydrogen-bond acceptors (Lipinski definition) is 5. The van der Waals surface area contributed by atoms with Gasteiger partial charge in [-0.2, -0.15) is 0 Å². The molecule has 0 radical (unpaired) electrons. The predicted molar refractivity (Wildman–Crippen MR) is 66.7 cm³/mol. The van der Waals surface area contributed by atoms with Crippen molar-refractivity contribution in [1.29, 1.82) is 0 Å². The van der Waals surface area contributed by atoms with Crippen molar-refractivity contribution < 1.29 is 19.7 Å². The zero-order valence-electron chi connectivity index (χ0n) is 10.4. The molecule has 5 heteroatoms. The van der Waals surface area contributed by atoms with Gasteiger partial charge in [-0.3, -0.25) is 0 Å². The van der Waals surface area contributed by atoms with E-state index in [9.17, 15) is 0 Å². The molecule has 2 rings (SSSR count). The second kappa shape index (κ2) is 5.56. The van der Waals surface area contributed by atoms with Crippen molar-refractivity contribution in [2.24, 2.45) is 5.73 Å². The maximum Gasteiger partial charge on any atom is 0.186 e. The van der Waals surface area contributed by atoms with Crippen LogP contribution >= 0.6 is 0 Å². The van der Waals surface area contributed by atoms with Gasteiger partial charge in [0.1, 0.15) is 18.1 Å². The first kappa shape index (κ1) is 13.1. The lowest BCUT2D eigenvalue weighted by atomic mass is 10.1. The van der Waals surface area contributed by atoms with Crippen LogP contribution in [0.4, 0.5) is 0 Å². The summed E-state index contributed by atoms with van der Waals surface area (Å²) in [6.07, 6.45) is 0.0266. The van der Waals surface area contributed by atoms with E-state index in [1.54, 1.807) is 6.07 Å². The second-order valence-corrected chi connectivity index (χ2v) is 4.41. The van der Waals surface area contributed by atoms with Crippen molar-refractivity contribution in [3.63, 3.8) is 0 Å². The third kappa shape index (κ3) is 2.75. The molecule has 0 aromatic heterocycles. The monoisotopic (exact) mass is 253 g/mol. The highest BCUT2D eigenvalue weighted by atomic mass is 16.5. The molecule has 0 bridgehead atoms. The number of aliphatic hydroxyl groups is 2. The van der Waals surface area contributed by atoms with Gasteiger partial charge >= 0.3 is 0 Å². The van der Waals surface area contributed by atoms with E-state index in [1.165, 1.54) is 0 Å². The van der Waals surface area contributed by atoms with Crippen molar-refractivity contribution in [2.45, 2.75) is 32.1 Å². The lowest BCUT2D eigenvalue weighted by Gasteiger charge is -2.14. The van der Waals surface area contributed by atoms with E-state index in [-0.39, 0.29) is 12.6 Å². The first-order valence-corrected chi connectivity index (χ1v) is 6.13. The molecule has 1 atom stereocenters. The predicted octanol–water partition coefficient (Wildman–Crippen LogP) is 0.201. The Morgan fingerprint density at radius 2 is 1.78 bits per heavy atom. The van der Waals surface area contributed by atoms with Gasteiger partial charge in [-0.15, -0.1) is 0 Å². The number of rotatable bonds is 5. The molecule has 0 saturated heterocycles. The van der Waals surface area contributed by atoms with Gasteiger partial charge in [-0.25, -0.2) is 0 Å². The Kier molecular flexibility index (Phi) is 4.06. The highest BCUT2D eigenvalue weighted by molar-refractivity contribution is 5.52. The summed E-state index contributed by atoms with van der Waals surface area (Å²) in [7, 11) is 0. The standard InChI is InChI=1S/C13H19NO4/c1-2-17-11-3-4-12(18-7-13(15)16)10-6-8(14)5-9(10)11/h3-4,8,13,15-16H,2,5-7,14H2,1H3. The van der Waals surface area contributed by atoms with Crippen LogP contribution in [0.2, 0.25) is 0 Å². The first-order valence-electron chi connectivity index (χ1n) is 6.13. The van der Waals surface area contributed by atoms with E-state index in [0.717, 1.165) is 29.7 Å². The minimum Gasteiger partial charge on any atom is -0.494 e. The molecule has 1 aromatic rings. The molecule has 0 fully saturated rings. The Labute approximate surface area is 106 Å². The Bertz CT molecular complexity index is 420. The summed E-state index contributed by atoms with van der Waals surface area (Å²) >= 11 is 0. The average Bonchev–Trinajstić information content (AvgIpc) is 2.70. The van der Waals surface area contributed by atoms with Gasteiger partial charge in [0.2, 0.25) is 0 Å². The highest BCUT2D eigenvalue weighted by Crippen LogP contribution is 2.36. The third-order valence-electron chi connectivity index (χ3n) is 2.97. The Hall–Kier alpha value is -1.30. The van der Waals surface area contributed by atoms with E-state index in [4.69, 9.17) is 25.4 Å². The van der Waals surface area contributed by atoms with Crippen molar-refractivity contribution in [1.82, 2.24) is 0 Å². The van der Waals surface area contributed by atoms with E-state index in [2.05, 4.69) is 0 Å². The Balaban J connectivity index is 2.25. The maximum absolute atomic E-state index is 8.83. The second-order valence-electron chi connectivity index (χ2n) is 4.41. The first-order chi connectivity index (χ1) is 8.61. The lowest BCUT2D eigenvalue weighted by Crippen LogP contribution is -2.19. The molecule has 18 heavy (non-hydrogen) atoms. The van der Waals surface area contributed by atoms with Crippen LogP contribution in [0.5, 0.6) is 11.5 Å². The molecule has 0 spiro atoms. The zero-order chi connectivity index (χ0) is 13.1. The average molecular weight is 253 g/mol. The summed E-state index contributed by atoms with van der Waals surface area (Å²) in [5.41, 5.74) is 8.07. The van der Waals surface area contributed by atoms with Crippen LogP contribution in [0, 0.1) is 0 Å². The minimum absolute atomic E-state index is 0.0722. The number of hydrogen-bond donors (Lipinski definition) is 3. The molecule has 100 valence electrons. The van der Waals surface area contributed by atoms with Crippen LogP contribution in [0.15, 0.2) is 12.1 Å². The SMILES string of the molecule is CCOc1ccc(OCC(O)O)c2c1CC(N)C2. The molecular formula is C13H19NO4. The topological polar surface area (TPSA) is 84.9 Å². The van der Waals surface area contributed by atoms with Crippen molar-refractivity contribution in [2.75, 3.05) is 13.2 Å². The maximum atomic E-state index is 8.83. The molecule has 0 aliphatic heterocycles. The summed E-state index contributed by atoms with van der Waals surface area (Å²) in [4.78, 5) is 0. The van der Waals surface area contributed by atoms with Crippen molar-refractivity contribution in [3.8, 4) is 11.5 Å². The van der Waals surface area contributed by atoms with E-state index < -0.39 is 6.29 Å². The summed E-state index contributed by atoms with van der Waals surface area (Å²) < 4.78 is 10.9. The Morgan fingerprint density at radius 1 is 1.22 bits per heavy atom. The number of fused-ring (bicyclic) bond motifs is 1. The summed E-state index contributed by atoms with van der Waals surface area (Å²) in [5, 5.41) is 17.7. The third-order valence-corrected chi connectivity index (χ3v) is 2.97. The molecule has 1 aromatic carbocycles. The largest absolute Gasteiger partial charge is 0.494 e. The fourth-order valence-corrected chi connectivity index (χ4v) is 2.28. The number of benzene rings is 1. The van der Waals surface area contributed by atoms with Crippen LogP contribution in [0.1, 0.15) is 18.1 Å². The van der Waals surface area contributed by atoms with Gasteiger partial charge < -0.3 is 25.4 Å². The molecule has 0 saturated carbocycles. The number of ether oxygens (including phenoxy) is 2. The van der Waals surface area contributed by atoms with Gasteiger partial charge in [0.15, 0.2) is 6.29 Å². The summed E-state index contributed by atoms with van der Waals surface area (Å²) in [6.45, 7) is 2.40. The molecular weight excluding hydrogens is 234 g/mol. The normalized spacial score (nSPS) is 17.9. The van der Waals surface area contributed by atoms with Gasteiger partial charge in [0, 0.05) is 17.2 Å². The molecule has 4 N–H and O–H groups in total. The lowest BCUT2D eigenvalue weighted by molar-refractivity contribution is -0.0682. The fraction of sp³-hybridized carbons (Fsp3) is 0.538. The van der Waals surface area contributed by atoms with E-state index >= 15 is 0 Å². The minimum atomic E-state index is -1.47. The van der Waals surface area contributed by atoms with E-state index in [0.29, 0.717) is 12.4 Å². The highest BCUT2D eigenvalue weighted by Gasteiger charge is 2.25. The number of aliphatic hydroxyl groups excluding tert-OH is 1. The van der Waals surface area contributed by atoms with E-state index in [1.807, 2.05) is 13.0 Å². The van der Waals surface area contributed by atoms with Crippen LogP contribution in [-0.4, -0.2) is 35.8 Å². The molecule has 1 aliphatic rings. The van der Waals surface area contributed by atoms with Crippen molar-refractivity contribution in [3.05, 3.63) is 23.3 Å². The molecule has 5 nitrogen and oxygen atoms in total. The number of nitrogens with two attached hydrogens (primary N) is 1. The van der Waals surface area contributed by atoms with Gasteiger partial charge in [0.05, 0.1) is 6.61 Å². The fourth-order valence-electron chi connectivity index (χ4n) is 2.28. The van der Waals surface area contributed by atoms with Crippen LogP contribution in [0.3, 0.4) is 0 Å². The van der Waals surface area contributed by atoms with Crippen LogP contribution in [0.25, 0.3) is 0 Å². The zero-order valence-corrected chi connectivity index (χ0v) is 10.4. The van der Waals surface area contributed by atoms with Crippen LogP contribution in [-0.2, 0) is 12.8 Å². The van der Waals surface area contributed by atoms with Gasteiger partial charge in [-0.1, -0.05) is 0 Å². The van der Waals surface area contributed by atoms with Gasteiger partial charge in [0.25, 0.3) is 0 Å². The quantitative estimate of drug-likeness (QED) is 0.653. The molecule has 0 amide bonds.